The second-order valence-corrected chi connectivity index (χ2v) is 6.37. The zero-order valence-electron chi connectivity index (χ0n) is 13.6. The molecule has 0 saturated carbocycles. The van der Waals surface area contributed by atoms with Crippen LogP contribution in [0.25, 0.3) is 0 Å². The normalized spacial score (nSPS) is 23.5. The van der Waals surface area contributed by atoms with Gasteiger partial charge in [0.2, 0.25) is 0 Å². The van der Waals surface area contributed by atoms with Crippen molar-refractivity contribution in [3.8, 4) is 6.07 Å². The number of nitriles is 1. The minimum atomic E-state index is -0.386. The summed E-state index contributed by atoms with van der Waals surface area (Å²) in [6.45, 7) is 12.3. The van der Waals surface area contributed by atoms with Crippen LogP contribution in [-0.2, 0) is 4.74 Å². The van der Waals surface area contributed by atoms with Gasteiger partial charge in [-0.3, -0.25) is 10.2 Å². The van der Waals surface area contributed by atoms with Gasteiger partial charge < -0.3 is 4.74 Å². The van der Waals surface area contributed by atoms with Crippen molar-refractivity contribution in [1.82, 2.24) is 10.2 Å². The van der Waals surface area contributed by atoms with E-state index in [1.54, 1.807) is 0 Å². The van der Waals surface area contributed by atoms with Crippen molar-refractivity contribution in [2.75, 3.05) is 26.3 Å². The van der Waals surface area contributed by atoms with Crippen LogP contribution in [0.3, 0.4) is 0 Å². The lowest BCUT2D eigenvalue weighted by molar-refractivity contribution is -0.00929. The average molecular weight is 281 g/mol. The van der Waals surface area contributed by atoms with Gasteiger partial charge in [0.05, 0.1) is 19.3 Å². The van der Waals surface area contributed by atoms with E-state index in [1.807, 2.05) is 6.92 Å². The van der Waals surface area contributed by atoms with E-state index >= 15 is 0 Å². The summed E-state index contributed by atoms with van der Waals surface area (Å²) in [4.78, 5) is 2.54. The van der Waals surface area contributed by atoms with Crippen molar-refractivity contribution in [3.63, 3.8) is 0 Å². The van der Waals surface area contributed by atoms with E-state index in [0.717, 1.165) is 52.0 Å². The largest absolute Gasteiger partial charge is 0.378 e. The Bertz CT molecular complexity index is 313. The van der Waals surface area contributed by atoms with E-state index in [2.05, 4.69) is 37.1 Å². The molecule has 0 radical (unpaired) electrons. The van der Waals surface area contributed by atoms with Crippen LogP contribution in [-0.4, -0.2) is 48.8 Å². The Hall–Kier alpha value is -0.630. The standard InChI is InChI=1S/C16H31N3O/c1-5-15-12-20-11-10-19(15)9-7-6-8-16(4,13-17)18-14(2)3/h14-15,18H,5-12H2,1-4H3. The minimum absolute atomic E-state index is 0.350. The van der Waals surface area contributed by atoms with Gasteiger partial charge in [0.15, 0.2) is 0 Å². The Morgan fingerprint density at radius 1 is 1.45 bits per heavy atom. The molecule has 1 aliphatic rings. The third-order valence-corrected chi connectivity index (χ3v) is 4.05. The lowest BCUT2D eigenvalue weighted by Gasteiger charge is -2.35. The van der Waals surface area contributed by atoms with E-state index in [9.17, 15) is 5.26 Å². The van der Waals surface area contributed by atoms with E-state index in [4.69, 9.17) is 4.74 Å². The van der Waals surface area contributed by atoms with Crippen LogP contribution in [0.15, 0.2) is 0 Å². The maximum Gasteiger partial charge on any atom is 0.104 e. The summed E-state index contributed by atoms with van der Waals surface area (Å²) in [5.74, 6) is 0. The molecular formula is C16H31N3O. The highest BCUT2D eigenvalue weighted by Crippen LogP contribution is 2.16. The first-order valence-electron chi connectivity index (χ1n) is 8.01. The summed E-state index contributed by atoms with van der Waals surface area (Å²) in [7, 11) is 0. The monoisotopic (exact) mass is 281 g/mol. The summed E-state index contributed by atoms with van der Waals surface area (Å²) in [6.07, 6.45) is 4.33. The molecule has 0 aromatic rings. The molecule has 0 spiro atoms. The van der Waals surface area contributed by atoms with E-state index < -0.39 is 0 Å². The molecule has 116 valence electrons. The van der Waals surface area contributed by atoms with Gasteiger partial charge in [0.25, 0.3) is 0 Å². The van der Waals surface area contributed by atoms with Crippen LogP contribution in [0.1, 0.15) is 53.4 Å². The average Bonchev–Trinajstić information content (AvgIpc) is 2.43. The molecular weight excluding hydrogens is 250 g/mol. The molecule has 4 nitrogen and oxygen atoms in total. The van der Waals surface area contributed by atoms with Crippen molar-refractivity contribution in [2.45, 2.75) is 71.0 Å². The van der Waals surface area contributed by atoms with Gasteiger partial charge in [0, 0.05) is 18.6 Å². The lowest BCUT2D eigenvalue weighted by Crippen LogP contribution is -2.46. The molecule has 1 heterocycles. The number of hydrogen-bond donors (Lipinski definition) is 1. The Labute approximate surface area is 124 Å². The molecule has 1 N–H and O–H groups in total. The van der Waals surface area contributed by atoms with Gasteiger partial charge in [-0.1, -0.05) is 6.92 Å². The fraction of sp³-hybridized carbons (Fsp3) is 0.938. The summed E-state index contributed by atoms with van der Waals surface area (Å²) >= 11 is 0. The molecule has 1 fully saturated rings. The first-order chi connectivity index (χ1) is 9.50. The Kier molecular flexibility index (Phi) is 7.50. The number of ether oxygens (including phenoxy) is 1. The van der Waals surface area contributed by atoms with Crippen molar-refractivity contribution in [2.24, 2.45) is 0 Å². The number of morpholine rings is 1. The smallest absolute Gasteiger partial charge is 0.104 e. The lowest BCUT2D eigenvalue weighted by atomic mass is 9.95. The number of nitrogens with zero attached hydrogens (tertiary/aromatic N) is 2. The molecule has 4 heteroatoms. The minimum Gasteiger partial charge on any atom is -0.378 e. The van der Waals surface area contributed by atoms with Gasteiger partial charge in [-0.05, 0) is 53.0 Å². The molecule has 20 heavy (non-hydrogen) atoms. The summed E-state index contributed by atoms with van der Waals surface area (Å²) in [5.41, 5.74) is -0.386. The first-order valence-corrected chi connectivity index (χ1v) is 8.01. The summed E-state index contributed by atoms with van der Waals surface area (Å²) in [6, 6.07) is 3.36. The van der Waals surface area contributed by atoms with Gasteiger partial charge in [-0.25, -0.2) is 0 Å². The van der Waals surface area contributed by atoms with Gasteiger partial charge >= 0.3 is 0 Å². The fourth-order valence-electron chi connectivity index (χ4n) is 2.95. The molecule has 2 atom stereocenters. The molecule has 0 aliphatic carbocycles. The Morgan fingerprint density at radius 3 is 2.80 bits per heavy atom. The molecule has 0 bridgehead atoms. The molecule has 1 saturated heterocycles. The van der Waals surface area contributed by atoms with Gasteiger partial charge in [-0.15, -0.1) is 0 Å². The van der Waals surface area contributed by atoms with Crippen molar-refractivity contribution in [1.29, 1.82) is 5.26 Å². The van der Waals surface area contributed by atoms with Crippen LogP contribution in [0, 0.1) is 11.3 Å². The van der Waals surface area contributed by atoms with E-state index in [1.165, 1.54) is 0 Å². The molecule has 0 amide bonds. The number of unbranched alkanes of at least 4 members (excludes halogenated alkanes) is 1. The molecule has 1 aliphatic heterocycles. The molecule has 2 unspecified atom stereocenters. The van der Waals surface area contributed by atoms with Crippen LogP contribution in [0.2, 0.25) is 0 Å². The fourth-order valence-corrected chi connectivity index (χ4v) is 2.95. The number of hydrogen-bond acceptors (Lipinski definition) is 4. The highest BCUT2D eigenvalue weighted by molar-refractivity contribution is 5.04. The van der Waals surface area contributed by atoms with Crippen molar-refractivity contribution in [3.05, 3.63) is 0 Å². The third-order valence-electron chi connectivity index (χ3n) is 4.05. The van der Waals surface area contributed by atoms with E-state index in [0.29, 0.717) is 12.1 Å². The summed E-state index contributed by atoms with van der Waals surface area (Å²) < 4.78 is 5.53. The SMILES string of the molecule is CCC1COCCN1CCCCC(C)(C#N)NC(C)C. The van der Waals surface area contributed by atoms with Crippen molar-refractivity contribution >= 4 is 0 Å². The number of nitrogens with one attached hydrogen (secondary N) is 1. The van der Waals surface area contributed by atoms with Gasteiger partial charge in [-0.2, -0.15) is 5.26 Å². The van der Waals surface area contributed by atoms with Crippen LogP contribution < -0.4 is 5.32 Å². The third kappa shape index (κ3) is 5.78. The highest BCUT2D eigenvalue weighted by Gasteiger charge is 2.24. The Balaban J connectivity index is 2.28. The second-order valence-electron chi connectivity index (χ2n) is 6.37. The second kappa shape index (κ2) is 8.61. The molecule has 0 aromatic heterocycles. The molecule has 0 aromatic carbocycles. The highest BCUT2D eigenvalue weighted by atomic mass is 16.5. The first kappa shape index (κ1) is 17.4. The zero-order valence-corrected chi connectivity index (χ0v) is 13.6. The zero-order chi connectivity index (χ0) is 15.0. The van der Waals surface area contributed by atoms with Gasteiger partial charge in [0.1, 0.15) is 5.54 Å². The van der Waals surface area contributed by atoms with Crippen LogP contribution >= 0.6 is 0 Å². The van der Waals surface area contributed by atoms with Crippen LogP contribution in [0.4, 0.5) is 0 Å². The Morgan fingerprint density at radius 2 is 2.20 bits per heavy atom. The predicted octanol–water partition coefficient (Wildman–Crippen LogP) is 2.55. The quantitative estimate of drug-likeness (QED) is 0.695. The van der Waals surface area contributed by atoms with Crippen LogP contribution in [0.5, 0.6) is 0 Å². The maximum absolute atomic E-state index is 9.32. The van der Waals surface area contributed by atoms with Crippen molar-refractivity contribution < 1.29 is 4.74 Å². The number of rotatable bonds is 8. The summed E-state index contributed by atoms with van der Waals surface area (Å²) in [5, 5.41) is 12.7. The maximum atomic E-state index is 9.32. The predicted molar refractivity (Wildman–Crippen MR) is 82.6 cm³/mol. The topological polar surface area (TPSA) is 48.3 Å². The van der Waals surface area contributed by atoms with E-state index in [-0.39, 0.29) is 5.54 Å². The molecule has 1 rings (SSSR count).